The predicted octanol–water partition coefficient (Wildman–Crippen LogP) is 1.84. The zero-order valence-electron chi connectivity index (χ0n) is 11.8. The third-order valence-electron chi connectivity index (χ3n) is 6.79. The van der Waals surface area contributed by atoms with E-state index in [1.165, 1.54) is 32.4 Å². The highest BCUT2D eigenvalue weighted by Gasteiger charge is 2.65. The third kappa shape index (κ3) is 1.43. The van der Waals surface area contributed by atoms with Crippen molar-refractivity contribution < 1.29 is 9.90 Å². The van der Waals surface area contributed by atoms with Crippen LogP contribution in [0.4, 0.5) is 0 Å². The van der Waals surface area contributed by atoms with E-state index in [2.05, 4.69) is 11.8 Å². The average molecular weight is 263 g/mol. The monoisotopic (exact) mass is 263 g/mol. The Kier molecular flexibility index (Phi) is 2.63. The number of hydrogen-bond donors (Lipinski definition) is 1. The van der Waals surface area contributed by atoms with Crippen LogP contribution in [0.3, 0.4) is 0 Å². The second kappa shape index (κ2) is 4.05. The number of rotatable bonds is 0. The van der Waals surface area contributed by atoms with Crippen molar-refractivity contribution in [2.45, 2.75) is 57.6 Å². The molecule has 106 valence electrons. The molecule has 2 saturated heterocycles. The molecule has 3 heteroatoms. The molecule has 7 atom stereocenters. The molecule has 3 nitrogen and oxygen atoms in total. The predicted molar refractivity (Wildman–Crippen MR) is 72.7 cm³/mol. The molecule has 4 rings (SSSR count). The van der Waals surface area contributed by atoms with Crippen molar-refractivity contribution in [1.29, 1.82) is 0 Å². The molecule has 19 heavy (non-hydrogen) atoms. The Morgan fingerprint density at radius 3 is 2.95 bits per heavy atom. The highest BCUT2D eigenvalue weighted by Crippen LogP contribution is 2.62. The number of aliphatic hydroxyl groups excluding tert-OH is 1. The second-order valence-electron chi connectivity index (χ2n) is 7.44. The van der Waals surface area contributed by atoms with Gasteiger partial charge in [-0.25, -0.2) is 0 Å². The van der Waals surface area contributed by atoms with Crippen LogP contribution in [-0.4, -0.2) is 41.0 Å². The molecule has 4 aliphatic rings. The maximum atomic E-state index is 12.5. The molecule has 0 amide bonds. The van der Waals surface area contributed by atoms with Gasteiger partial charge in [0.05, 0.1) is 6.10 Å². The van der Waals surface area contributed by atoms with E-state index in [1.54, 1.807) is 0 Å². The standard InChI is InChI=1S/C16H25NO2/c1-10-8-14-16-5-3-7-17(14)6-2-4-11(16)13(18)9-12(16)15(10)19/h10-12,14-15,19H,2-9H2,1H3/t10-,11+,12+,14+,15+,16+/m0/s1. The van der Waals surface area contributed by atoms with Crippen LogP contribution in [0.5, 0.6) is 0 Å². The molecule has 0 aromatic rings. The van der Waals surface area contributed by atoms with Crippen LogP contribution < -0.4 is 0 Å². The normalized spacial score (nSPS) is 56.6. The van der Waals surface area contributed by atoms with Gasteiger partial charge < -0.3 is 5.11 Å². The Labute approximate surface area is 115 Å². The van der Waals surface area contributed by atoms with Gasteiger partial charge in [-0.1, -0.05) is 6.92 Å². The summed E-state index contributed by atoms with van der Waals surface area (Å²) in [6.07, 6.45) is 6.15. The van der Waals surface area contributed by atoms with Crippen LogP contribution in [0.2, 0.25) is 0 Å². The number of piperidine rings is 1. The van der Waals surface area contributed by atoms with Crippen LogP contribution in [0.25, 0.3) is 0 Å². The van der Waals surface area contributed by atoms with E-state index in [1.807, 2.05) is 0 Å². The molecule has 0 aromatic heterocycles. The van der Waals surface area contributed by atoms with Crippen LogP contribution in [0.1, 0.15) is 45.4 Å². The first-order valence-electron chi connectivity index (χ1n) is 8.09. The molecule has 2 saturated carbocycles. The number of Topliss-reactive ketones (excluding diaryl/α,β-unsaturated/α-hetero) is 1. The van der Waals surface area contributed by atoms with Gasteiger partial charge in [0.1, 0.15) is 5.78 Å². The van der Waals surface area contributed by atoms with E-state index in [4.69, 9.17) is 0 Å². The summed E-state index contributed by atoms with van der Waals surface area (Å²) in [5.74, 6) is 1.33. The molecule has 0 aromatic carbocycles. The summed E-state index contributed by atoms with van der Waals surface area (Å²) in [5, 5.41) is 10.6. The Morgan fingerprint density at radius 2 is 2.11 bits per heavy atom. The van der Waals surface area contributed by atoms with Crippen LogP contribution in [0.15, 0.2) is 0 Å². The summed E-state index contributed by atoms with van der Waals surface area (Å²) >= 11 is 0. The van der Waals surface area contributed by atoms with Gasteiger partial charge in [0.2, 0.25) is 0 Å². The van der Waals surface area contributed by atoms with Gasteiger partial charge in [-0.3, -0.25) is 9.69 Å². The van der Waals surface area contributed by atoms with E-state index in [9.17, 15) is 9.90 Å². The van der Waals surface area contributed by atoms with Gasteiger partial charge in [0, 0.05) is 23.8 Å². The Morgan fingerprint density at radius 1 is 1.32 bits per heavy atom. The number of aliphatic hydroxyl groups is 1. The van der Waals surface area contributed by atoms with Crippen LogP contribution in [0, 0.1) is 23.2 Å². The maximum absolute atomic E-state index is 12.5. The lowest BCUT2D eigenvalue weighted by Gasteiger charge is -2.57. The topological polar surface area (TPSA) is 40.5 Å². The van der Waals surface area contributed by atoms with Crippen molar-refractivity contribution in [1.82, 2.24) is 4.90 Å². The van der Waals surface area contributed by atoms with Crippen molar-refractivity contribution in [2.24, 2.45) is 23.2 Å². The molecular formula is C16H25NO2. The first-order chi connectivity index (χ1) is 9.14. The van der Waals surface area contributed by atoms with Crippen molar-refractivity contribution in [3.8, 4) is 0 Å². The van der Waals surface area contributed by atoms with E-state index in [0.29, 0.717) is 24.2 Å². The molecule has 1 spiro atoms. The lowest BCUT2D eigenvalue weighted by Crippen LogP contribution is -2.61. The summed E-state index contributed by atoms with van der Waals surface area (Å²) < 4.78 is 0. The zero-order chi connectivity index (χ0) is 13.2. The first kappa shape index (κ1) is 12.3. The molecule has 1 N–H and O–H groups in total. The van der Waals surface area contributed by atoms with Crippen molar-refractivity contribution in [3.63, 3.8) is 0 Å². The summed E-state index contributed by atoms with van der Waals surface area (Å²) in [4.78, 5) is 15.2. The number of carbonyl (C=O) groups is 1. The highest BCUT2D eigenvalue weighted by atomic mass is 16.3. The van der Waals surface area contributed by atoms with Crippen LogP contribution >= 0.6 is 0 Å². The number of hydrogen-bond acceptors (Lipinski definition) is 3. The second-order valence-corrected chi connectivity index (χ2v) is 7.44. The Hall–Kier alpha value is -0.410. The maximum Gasteiger partial charge on any atom is 0.137 e. The fraction of sp³-hybridized carbons (Fsp3) is 0.938. The van der Waals surface area contributed by atoms with Crippen LogP contribution in [-0.2, 0) is 4.79 Å². The smallest absolute Gasteiger partial charge is 0.137 e. The van der Waals surface area contributed by atoms with Crippen molar-refractivity contribution >= 4 is 5.78 Å². The molecule has 0 radical (unpaired) electrons. The fourth-order valence-electron chi connectivity index (χ4n) is 6.09. The minimum atomic E-state index is -0.247. The van der Waals surface area contributed by atoms with Gasteiger partial charge in [-0.05, 0) is 57.0 Å². The van der Waals surface area contributed by atoms with E-state index >= 15 is 0 Å². The molecule has 4 fully saturated rings. The zero-order valence-corrected chi connectivity index (χ0v) is 11.8. The minimum absolute atomic E-state index is 0.137. The summed E-state index contributed by atoms with van der Waals surface area (Å²) in [5.41, 5.74) is 0.137. The third-order valence-corrected chi connectivity index (χ3v) is 6.79. The largest absolute Gasteiger partial charge is 0.393 e. The number of ketones is 1. The number of carbonyl (C=O) groups excluding carboxylic acids is 1. The molecule has 2 bridgehead atoms. The molecular weight excluding hydrogens is 238 g/mol. The lowest BCUT2D eigenvalue weighted by atomic mass is 9.54. The van der Waals surface area contributed by atoms with Gasteiger partial charge in [-0.15, -0.1) is 0 Å². The highest BCUT2D eigenvalue weighted by molar-refractivity contribution is 5.85. The quantitative estimate of drug-likeness (QED) is 0.725. The van der Waals surface area contributed by atoms with Gasteiger partial charge >= 0.3 is 0 Å². The van der Waals surface area contributed by atoms with Gasteiger partial charge in [-0.2, -0.15) is 0 Å². The van der Waals surface area contributed by atoms with E-state index in [-0.39, 0.29) is 23.4 Å². The molecule has 2 heterocycles. The van der Waals surface area contributed by atoms with Crippen molar-refractivity contribution in [3.05, 3.63) is 0 Å². The Bertz CT molecular complexity index is 410. The number of nitrogens with zero attached hydrogens (tertiary/aromatic N) is 1. The van der Waals surface area contributed by atoms with Gasteiger partial charge in [0.15, 0.2) is 0 Å². The SMILES string of the molecule is C[C@H]1C[C@H]2N3CCC[C@@H]4C(=O)C[C@H]([C@@H]1O)[C@@]42CCC3. The summed E-state index contributed by atoms with van der Waals surface area (Å²) in [6, 6.07) is 0.573. The molecule has 2 aliphatic carbocycles. The van der Waals surface area contributed by atoms with Gasteiger partial charge in [0.25, 0.3) is 0 Å². The van der Waals surface area contributed by atoms with E-state index in [0.717, 1.165) is 12.8 Å². The lowest BCUT2D eigenvalue weighted by molar-refractivity contribution is -0.135. The summed E-state index contributed by atoms with van der Waals surface area (Å²) in [6.45, 7) is 4.56. The average Bonchev–Trinajstić information content (AvgIpc) is 2.62. The fourth-order valence-corrected chi connectivity index (χ4v) is 6.09. The Balaban J connectivity index is 1.85. The minimum Gasteiger partial charge on any atom is -0.393 e. The summed E-state index contributed by atoms with van der Waals surface area (Å²) in [7, 11) is 0. The molecule has 2 aliphatic heterocycles. The van der Waals surface area contributed by atoms with Crippen molar-refractivity contribution in [2.75, 3.05) is 13.1 Å². The first-order valence-corrected chi connectivity index (χ1v) is 8.09. The molecule has 1 unspecified atom stereocenters. The van der Waals surface area contributed by atoms with E-state index < -0.39 is 0 Å².